The molecule has 0 bridgehead atoms. The number of H-pyrrole nitrogens is 1. The van der Waals surface area contributed by atoms with Gasteiger partial charge < -0.3 is 14.6 Å². The summed E-state index contributed by atoms with van der Waals surface area (Å²) in [6, 6.07) is 6.46. The Balaban J connectivity index is 1.61. The van der Waals surface area contributed by atoms with Gasteiger partial charge in [-0.2, -0.15) is 0 Å². The van der Waals surface area contributed by atoms with Crippen LogP contribution in [0.4, 0.5) is 0 Å². The van der Waals surface area contributed by atoms with Gasteiger partial charge in [-0.3, -0.25) is 9.69 Å². The quantitative estimate of drug-likeness (QED) is 0.875. The monoisotopic (exact) mass is 313 g/mol. The summed E-state index contributed by atoms with van der Waals surface area (Å²) in [5, 5.41) is 1.14. The number of likely N-dealkylation sites (tertiary alicyclic amines) is 1. The van der Waals surface area contributed by atoms with Crippen LogP contribution in [-0.4, -0.2) is 66.1 Å². The van der Waals surface area contributed by atoms with Crippen molar-refractivity contribution >= 4 is 16.8 Å². The van der Waals surface area contributed by atoms with E-state index in [1.807, 2.05) is 11.0 Å². The molecule has 122 valence electrons. The van der Waals surface area contributed by atoms with Crippen LogP contribution < -0.4 is 0 Å². The molecule has 23 heavy (non-hydrogen) atoms. The Morgan fingerprint density at radius 3 is 2.91 bits per heavy atom. The molecule has 4 rings (SSSR count). The van der Waals surface area contributed by atoms with Crippen LogP contribution >= 0.6 is 0 Å². The van der Waals surface area contributed by atoms with E-state index in [9.17, 15) is 4.79 Å². The molecular weight excluding hydrogens is 290 g/mol. The number of hydrogen-bond donors (Lipinski definition) is 1. The molecule has 2 atom stereocenters. The minimum atomic E-state index is 0.0738. The minimum Gasteiger partial charge on any atom is -0.373 e. The molecule has 2 fully saturated rings. The van der Waals surface area contributed by atoms with E-state index in [2.05, 4.69) is 42.9 Å². The van der Waals surface area contributed by atoms with Crippen LogP contribution in [0.5, 0.6) is 0 Å². The number of benzene rings is 1. The van der Waals surface area contributed by atoms with Gasteiger partial charge in [0, 0.05) is 30.5 Å². The highest BCUT2D eigenvalue weighted by atomic mass is 16.5. The number of carbonyl (C=O) groups excluding carboxylic acids is 1. The van der Waals surface area contributed by atoms with Crippen molar-refractivity contribution in [1.82, 2.24) is 14.8 Å². The largest absolute Gasteiger partial charge is 0.373 e. The van der Waals surface area contributed by atoms with Crippen molar-refractivity contribution in [3.8, 4) is 0 Å². The summed E-state index contributed by atoms with van der Waals surface area (Å²) in [5.41, 5.74) is 4.19. The maximum atomic E-state index is 12.9. The van der Waals surface area contributed by atoms with E-state index in [4.69, 9.17) is 4.74 Å². The van der Waals surface area contributed by atoms with Gasteiger partial charge in [0.25, 0.3) is 5.91 Å². The first-order valence-electron chi connectivity index (χ1n) is 8.24. The van der Waals surface area contributed by atoms with E-state index < -0.39 is 0 Å². The number of fused-ring (bicyclic) bond motifs is 2. The molecule has 5 heteroatoms. The zero-order chi connectivity index (χ0) is 16.1. The van der Waals surface area contributed by atoms with Gasteiger partial charge in [0.15, 0.2) is 0 Å². The van der Waals surface area contributed by atoms with Crippen molar-refractivity contribution < 1.29 is 9.53 Å². The minimum absolute atomic E-state index is 0.0738. The van der Waals surface area contributed by atoms with Crippen LogP contribution in [0.15, 0.2) is 18.2 Å². The Morgan fingerprint density at radius 2 is 2.13 bits per heavy atom. The van der Waals surface area contributed by atoms with Gasteiger partial charge >= 0.3 is 0 Å². The number of ether oxygens (including phenoxy) is 1. The molecule has 1 N–H and O–H groups in total. The number of aromatic amines is 1. The fourth-order valence-corrected chi connectivity index (χ4v) is 3.77. The molecule has 0 spiro atoms. The summed E-state index contributed by atoms with van der Waals surface area (Å²) in [5.74, 6) is 0.0738. The zero-order valence-electron chi connectivity index (χ0n) is 13.9. The SMILES string of the molecule is Cc1ccc2[nH]c(C(=O)N3C[C@@H]4[C@@H](C3)OCCN4C)cc2c1C. The Hall–Kier alpha value is -1.85. The molecular formula is C18H23N3O2. The number of carbonyl (C=O) groups is 1. The maximum Gasteiger partial charge on any atom is 0.270 e. The highest BCUT2D eigenvalue weighted by molar-refractivity contribution is 5.99. The van der Waals surface area contributed by atoms with Crippen molar-refractivity contribution in [3.05, 3.63) is 35.0 Å². The van der Waals surface area contributed by atoms with Crippen molar-refractivity contribution in [3.63, 3.8) is 0 Å². The Labute approximate surface area is 136 Å². The van der Waals surface area contributed by atoms with Gasteiger partial charge in [0.2, 0.25) is 0 Å². The lowest BCUT2D eigenvalue weighted by molar-refractivity contribution is -0.0368. The number of nitrogens with one attached hydrogen (secondary N) is 1. The Kier molecular flexibility index (Phi) is 3.43. The molecule has 5 nitrogen and oxygen atoms in total. The third-order valence-corrected chi connectivity index (χ3v) is 5.44. The molecule has 0 radical (unpaired) electrons. The fraction of sp³-hybridized carbons (Fsp3) is 0.500. The van der Waals surface area contributed by atoms with Crippen LogP contribution in [0.3, 0.4) is 0 Å². The summed E-state index contributed by atoms with van der Waals surface area (Å²) >= 11 is 0. The van der Waals surface area contributed by atoms with E-state index >= 15 is 0 Å². The summed E-state index contributed by atoms with van der Waals surface area (Å²) in [6.07, 6.45) is 0.144. The van der Waals surface area contributed by atoms with Crippen LogP contribution in [0.1, 0.15) is 21.6 Å². The number of aryl methyl sites for hydroxylation is 2. The topological polar surface area (TPSA) is 48.6 Å². The van der Waals surface area contributed by atoms with E-state index in [-0.39, 0.29) is 12.0 Å². The molecule has 2 aromatic rings. The van der Waals surface area contributed by atoms with Crippen molar-refractivity contribution in [1.29, 1.82) is 0 Å². The molecule has 1 aromatic heterocycles. The lowest BCUT2D eigenvalue weighted by atomic mass is 10.1. The molecule has 2 aliphatic rings. The van der Waals surface area contributed by atoms with Crippen molar-refractivity contribution in [2.24, 2.45) is 0 Å². The van der Waals surface area contributed by atoms with Gasteiger partial charge in [0.05, 0.1) is 18.8 Å². The van der Waals surface area contributed by atoms with Crippen LogP contribution in [0.2, 0.25) is 0 Å². The van der Waals surface area contributed by atoms with Gasteiger partial charge in [-0.15, -0.1) is 0 Å². The number of amides is 1. The number of hydrogen-bond acceptors (Lipinski definition) is 3. The van der Waals surface area contributed by atoms with Gasteiger partial charge in [0.1, 0.15) is 5.69 Å². The predicted octanol–water partition coefficient (Wildman–Crippen LogP) is 1.94. The smallest absolute Gasteiger partial charge is 0.270 e. The Morgan fingerprint density at radius 1 is 1.30 bits per heavy atom. The number of likely N-dealkylation sites (N-methyl/N-ethyl adjacent to an activating group) is 1. The van der Waals surface area contributed by atoms with E-state index in [0.717, 1.165) is 30.6 Å². The number of morpholine rings is 1. The van der Waals surface area contributed by atoms with Crippen LogP contribution in [-0.2, 0) is 4.74 Å². The fourth-order valence-electron chi connectivity index (χ4n) is 3.77. The van der Waals surface area contributed by atoms with Crippen LogP contribution in [0, 0.1) is 13.8 Å². The number of nitrogens with zero attached hydrogens (tertiary/aromatic N) is 2. The van der Waals surface area contributed by atoms with Gasteiger partial charge in [-0.25, -0.2) is 0 Å². The second-order valence-electron chi connectivity index (χ2n) is 6.82. The predicted molar refractivity (Wildman–Crippen MR) is 89.8 cm³/mol. The standard InChI is InChI=1S/C18H23N3O2/c1-11-4-5-14-13(12(11)2)8-15(19-14)18(22)21-9-16-17(10-21)23-7-6-20(16)3/h4-5,8,16-17,19H,6-7,9-10H2,1-3H3/t16-,17-/m1/s1. The molecule has 0 aliphatic carbocycles. The molecule has 2 aliphatic heterocycles. The summed E-state index contributed by atoms with van der Waals surface area (Å²) in [4.78, 5) is 20.4. The molecule has 2 saturated heterocycles. The summed E-state index contributed by atoms with van der Waals surface area (Å²) < 4.78 is 5.84. The first kappa shape index (κ1) is 14.7. The van der Waals surface area contributed by atoms with E-state index in [1.54, 1.807) is 0 Å². The third kappa shape index (κ3) is 2.35. The van der Waals surface area contributed by atoms with Crippen LogP contribution in [0.25, 0.3) is 10.9 Å². The lowest BCUT2D eigenvalue weighted by Crippen LogP contribution is -2.48. The number of rotatable bonds is 1. The first-order valence-corrected chi connectivity index (χ1v) is 8.24. The zero-order valence-corrected chi connectivity index (χ0v) is 13.9. The average molecular weight is 313 g/mol. The highest BCUT2D eigenvalue weighted by Crippen LogP contribution is 2.26. The average Bonchev–Trinajstić information content (AvgIpc) is 3.15. The molecule has 0 unspecified atom stereocenters. The first-order chi connectivity index (χ1) is 11.0. The Bertz CT molecular complexity index is 767. The highest BCUT2D eigenvalue weighted by Gasteiger charge is 2.40. The lowest BCUT2D eigenvalue weighted by Gasteiger charge is -2.33. The van der Waals surface area contributed by atoms with E-state index in [1.165, 1.54) is 11.1 Å². The molecule has 0 saturated carbocycles. The van der Waals surface area contributed by atoms with Gasteiger partial charge in [-0.05, 0) is 44.2 Å². The van der Waals surface area contributed by atoms with Crippen molar-refractivity contribution in [2.45, 2.75) is 26.0 Å². The van der Waals surface area contributed by atoms with E-state index in [0.29, 0.717) is 18.3 Å². The van der Waals surface area contributed by atoms with Gasteiger partial charge in [-0.1, -0.05) is 6.07 Å². The molecule has 1 amide bonds. The third-order valence-electron chi connectivity index (χ3n) is 5.44. The number of aromatic nitrogens is 1. The second kappa shape index (κ2) is 5.35. The molecule has 1 aromatic carbocycles. The summed E-state index contributed by atoms with van der Waals surface area (Å²) in [6.45, 7) is 7.32. The summed E-state index contributed by atoms with van der Waals surface area (Å²) in [7, 11) is 2.11. The normalized spacial score (nSPS) is 25.1. The van der Waals surface area contributed by atoms with Crippen molar-refractivity contribution in [2.75, 3.05) is 33.3 Å². The second-order valence-corrected chi connectivity index (χ2v) is 6.82. The maximum absolute atomic E-state index is 12.9. The molecule has 3 heterocycles.